The maximum Gasteiger partial charge on any atom is 0.256 e. The highest BCUT2D eigenvalue weighted by atomic mass is 35.5. The quantitative estimate of drug-likeness (QED) is 0.911. The number of benzene rings is 1. The molecule has 0 radical (unpaired) electrons. The molecule has 0 aliphatic carbocycles. The average molecular weight is 343 g/mol. The summed E-state index contributed by atoms with van der Waals surface area (Å²) < 4.78 is 19.1. The number of rotatable bonds is 4. The summed E-state index contributed by atoms with van der Waals surface area (Å²) >= 11 is 5.90. The lowest BCUT2D eigenvalue weighted by Crippen LogP contribution is -2.54. The molecule has 1 saturated heterocycles. The summed E-state index contributed by atoms with van der Waals surface area (Å²) in [6.45, 7) is 5.57. The largest absolute Gasteiger partial charge is 0.378 e. The van der Waals surface area contributed by atoms with Crippen LogP contribution in [0.3, 0.4) is 0 Å². The zero-order chi connectivity index (χ0) is 17.0. The van der Waals surface area contributed by atoms with E-state index in [1.807, 2.05) is 13.8 Å². The van der Waals surface area contributed by atoms with Gasteiger partial charge < -0.3 is 15.0 Å². The third-order valence-corrected chi connectivity index (χ3v) is 4.05. The number of nitrogens with one attached hydrogen (secondary N) is 1. The third-order valence-electron chi connectivity index (χ3n) is 3.73. The molecule has 126 valence electrons. The minimum atomic E-state index is -0.740. The summed E-state index contributed by atoms with van der Waals surface area (Å²) in [5.74, 6) is -1.73. The lowest BCUT2D eigenvalue weighted by molar-refractivity contribution is -0.138. The molecule has 1 heterocycles. The van der Waals surface area contributed by atoms with Crippen LogP contribution < -0.4 is 5.32 Å². The first-order chi connectivity index (χ1) is 10.9. The van der Waals surface area contributed by atoms with E-state index in [1.165, 1.54) is 12.1 Å². The number of carbonyl (C=O) groups excluding carboxylic acids is 2. The Morgan fingerprint density at radius 1 is 1.30 bits per heavy atom. The molecule has 2 rings (SSSR count). The van der Waals surface area contributed by atoms with E-state index in [9.17, 15) is 14.0 Å². The predicted octanol–water partition coefficient (Wildman–Crippen LogP) is 2.09. The minimum Gasteiger partial charge on any atom is -0.378 e. The van der Waals surface area contributed by atoms with Gasteiger partial charge in [0, 0.05) is 13.1 Å². The first-order valence-electron chi connectivity index (χ1n) is 7.53. The van der Waals surface area contributed by atoms with Crippen LogP contribution in [0.15, 0.2) is 18.2 Å². The number of amides is 2. The molecule has 1 aliphatic heterocycles. The zero-order valence-corrected chi connectivity index (χ0v) is 13.9. The average Bonchev–Trinajstić information content (AvgIpc) is 2.52. The molecule has 7 heteroatoms. The van der Waals surface area contributed by atoms with Crippen LogP contribution in [0.1, 0.15) is 24.2 Å². The van der Waals surface area contributed by atoms with Crippen molar-refractivity contribution in [3.05, 3.63) is 34.6 Å². The van der Waals surface area contributed by atoms with E-state index in [1.54, 1.807) is 4.90 Å². The highest BCUT2D eigenvalue weighted by molar-refractivity contribution is 6.33. The van der Waals surface area contributed by atoms with E-state index in [2.05, 4.69) is 5.32 Å². The molecule has 23 heavy (non-hydrogen) atoms. The second-order valence-electron chi connectivity index (χ2n) is 5.73. The molecule has 0 unspecified atom stereocenters. The van der Waals surface area contributed by atoms with Gasteiger partial charge in [-0.1, -0.05) is 31.5 Å². The Morgan fingerprint density at radius 3 is 2.52 bits per heavy atom. The van der Waals surface area contributed by atoms with E-state index in [0.717, 1.165) is 6.07 Å². The maximum absolute atomic E-state index is 13.9. The number of hydrogen-bond acceptors (Lipinski definition) is 3. The van der Waals surface area contributed by atoms with Crippen molar-refractivity contribution in [2.24, 2.45) is 5.92 Å². The second kappa shape index (κ2) is 7.75. The van der Waals surface area contributed by atoms with E-state index in [-0.39, 0.29) is 22.4 Å². The van der Waals surface area contributed by atoms with Gasteiger partial charge in [0.15, 0.2) is 0 Å². The number of carbonyl (C=O) groups is 2. The zero-order valence-electron chi connectivity index (χ0n) is 13.1. The van der Waals surface area contributed by atoms with Crippen molar-refractivity contribution in [2.75, 3.05) is 26.3 Å². The number of halogens is 2. The number of hydrogen-bond donors (Lipinski definition) is 1. The number of morpholine rings is 1. The summed E-state index contributed by atoms with van der Waals surface area (Å²) in [4.78, 5) is 26.6. The van der Waals surface area contributed by atoms with Crippen LogP contribution in [0.25, 0.3) is 0 Å². The molecule has 5 nitrogen and oxygen atoms in total. The molecule has 0 saturated carbocycles. The SMILES string of the molecule is CC(C)[C@@H](NC(=O)c1c(F)cccc1Cl)C(=O)N1CCOCC1. The van der Waals surface area contributed by atoms with Crippen LogP contribution in [-0.4, -0.2) is 49.1 Å². The van der Waals surface area contributed by atoms with Crippen molar-refractivity contribution < 1.29 is 18.7 Å². The van der Waals surface area contributed by atoms with Crippen LogP contribution >= 0.6 is 11.6 Å². The second-order valence-corrected chi connectivity index (χ2v) is 6.14. The van der Waals surface area contributed by atoms with Gasteiger partial charge in [-0.05, 0) is 18.1 Å². The van der Waals surface area contributed by atoms with Gasteiger partial charge in [0.25, 0.3) is 5.91 Å². The molecular formula is C16H20ClFN2O3. The fourth-order valence-electron chi connectivity index (χ4n) is 2.42. The standard InChI is InChI=1S/C16H20ClFN2O3/c1-10(2)14(16(22)20-6-8-23-9-7-20)19-15(21)13-11(17)4-3-5-12(13)18/h3-5,10,14H,6-9H2,1-2H3,(H,19,21)/t14-/m1/s1. The molecule has 1 aromatic carbocycles. The van der Waals surface area contributed by atoms with Crippen molar-refractivity contribution in [1.82, 2.24) is 10.2 Å². The Labute approximate surface area is 139 Å². The molecule has 1 aromatic rings. The van der Waals surface area contributed by atoms with Crippen molar-refractivity contribution in [3.8, 4) is 0 Å². The fourth-order valence-corrected chi connectivity index (χ4v) is 2.67. The smallest absolute Gasteiger partial charge is 0.256 e. The van der Waals surface area contributed by atoms with E-state index < -0.39 is 17.8 Å². The van der Waals surface area contributed by atoms with Crippen LogP contribution in [0.4, 0.5) is 4.39 Å². The predicted molar refractivity (Wildman–Crippen MR) is 84.9 cm³/mol. The van der Waals surface area contributed by atoms with Crippen molar-refractivity contribution in [2.45, 2.75) is 19.9 Å². The van der Waals surface area contributed by atoms with Crippen LogP contribution in [-0.2, 0) is 9.53 Å². The normalized spacial score (nSPS) is 16.3. The summed E-state index contributed by atoms with van der Waals surface area (Å²) in [5.41, 5.74) is -0.241. The summed E-state index contributed by atoms with van der Waals surface area (Å²) in [6.07, 6.45) is 0. The Morgan fingerprint density at radius 2 is 1.96 bits per heavy atom. The van der Waals surface area contributed by atoms with Gasteiger partial charge in [-0.15, -0.1) is 0 Å². The molecule has 0 bridgehead atoms. The van der Waals surface area contributed by atoms with Gasteiger partial charge in [0.05, 0.1) is 23.8 Å². The minimum absolute atomic E-state index is 0.0174. The first-order valence-corrected chi connectivity index (χ1v) is 7.91. The Hall–Kier alpha value is -1.66. The fraction of sp³-hybridized carbons (Fsp3) is 0.500. The van der Waals surface area contributed by atoms with Crippen LogP contribution in [0.5, 0.6) is 0 Å². The lowest BCUT2D eigenvalue weighted by atomic mass is 10.0. The lowest BCUT2D eigenvalue weighted by Gasteiger charge is -2.32. The van der Waals surface area contributed by atoms with E-state index in [0.29, 0.717) is 26.3 Å². The molecular weight excluding hydrogens is 323 g/mol. The maximum atomic E-state index is 13.9. The number of nitrogens with zero attached hydrogens (tertiary/aromatic N) is 1. The van der Waals surface area contributed by atoms with Gasteiger partial charge in [-0.25, -0.2) is 4.39 Å². The summed E-state index contributed by atoms with van der Waals surface area (Å²) in [6, 6.07) is 3.28. The Balaban J connectivity index is 2.15. The summed E-state index contributed by atoms with van der Waals surface area (Å²) in [5, 5.41) is 2.63. The number of ether oxygens (including phenoxy) is 1. The molecule has 0 spiro atoms. The first kappa shape index (κ1) is 17.7. The van der Waals surface area contributed by atoms with Crippen molar-refractivity contribution in [1.29, 1.82) is 0 Å². The molecule has 1 fully saturated rings. The van der Waals surface area contributed by atoms with Gasteiger partial charge in [0.2, 0.25) is 5.91 Å². The Kier molecular flexibility index (Phi) is 5.96. The van der Waals surface area contributed by atoms with Gasteiger partial charge in [-0.3, -0.25) is 9.59 Å². The molecule has 1 aliphatic rings. The topological polar surface area (TPSA) is 58.6 Å². The molecule has 1 atom stereocenters. The van der Waals surface area contributed by atoms with E-state index >= 15 is 0 Å². The van der Waals surface area contributed by atoms with Crippen molar-refractivity contribution >= 4 is 23.4 Å². The Bertz CT molecular complexity index is 568. The van der Waals surface area contributed by atoms with Gasteiger partial charge in [-0.2, -0.15) is 0 Å². The van der Waals surface area contributed by atoms with Crippen LogP contribution in [0.2, 0.25) is 5.02 Å². The third kappa shape index (κ3) is 4.20. The van der Waals surface area contributed by atoms with Crippen LogP contribution in [0, 0.1) is 11.7 Å². The van der Waals surface area contributed by atoms with E-state index in [4.69, 9.17) is 16.3 Å². The molecule has 0 aromatic heterocycles. The van der Waals surface area contributed by atoms with Gasteiger partial charge >= 0.3 is 0 Å². The van der Waals surface area contributed by atoms with Gasteiger partial charge in [0.1, 0.15) is 11.9 Å². The monoisotopic (exact) mass is 342 g/mol. The highest BCUT2D eigenvalue weighted by Gasteiger charge is 2.30. The van der Waals surface area contributed by atoms with Crippen molar-refractivity contribution in [3.63, 3.8) is 0 Å². The highest BCUT2D eigenvalue weighted by Crippen LogP contribution is 2.19. The molecule has 2 amide bonds. The molecule has 1 N–H and O–H groups in total. The summed E-state index contributed by atoms with van der Waals surface area (Å²) in [7, 11) is 0.